The minimum absolute atomic E-state index is 0.209. The Labute approximate surface area is 75.9 Å². The average molecular weight is 183 g/mol. The van der Waals surface area contributed by atoms with Gasteiger partial charge in [-0.05, 0) is 25.0 Å². The highest BCUT2D eigenvalue weighted by Crippen LogP contribution is 2.37. The first-order valence-corrected chi connectivity index (χ1v) is 4.34. The Balaban J connectivity index is 2.45. The minimum Gasteiger partial charge on any atom is -0.218 e. The van der Waals surface area contributed by atoms with Gasteiger partial charge in [0, 0.05) is 6.42 Å². The van der Waals surface area contributed by atoms with E-state index in [0.29, 0.717) is 12.1 Å². The summed E-state index contributed by atoms with van der Waals surface area (Å²) in [5.41, 5.74) is 1.24. The number of anilines is 1. The van der Waals surface area contributed by atoms with Gasteiger partial charge >= 0.3 is 0 Å². The number of aryl methyl sites for hydroxylation is 1. The molecular formula is C10H11F2N. The van der Waals surface area contributed by atoms with Crippen LogP contribution in [0.15, 0.2) is 24.3 Å². The van der Waals surface area contributed by atoms with E-state index in [1.807, 2.05) is 12.1 Å². The molecule has 0 aliphatic carbocycles. The van der Waals surface area contributed by atoms with Crippen LogP contribution in [0, 0.1) is 0 Å². The third-order valence-electron chi connectivity index (χ3n) is 2.46. The van der Waals surface area contributed by atoms with Gasteiger partial charge in [-0.1, -0.05) is 22.7 Å². The standard InChI is InChI=1S/C10H11F2N/c1-10(11)7-6-8-4-2-3-5-9(8)13(10)12/h2-5H,6-7H2,1H3. The van der Waals surface area contributed by atoms with Crippen molar-refractivity contribution in [1.29, 1.82) is 0 Å². The van der Waals surface area contributed by atoms with E-state index in [9.17, 15) is 8.87 Å². The van der Waals surface area contributed by atoms with Crippen molar-refractivity contribution >= 4 is 5.69 Å². The summed E-state index contributed by atoms with van der Waals surface area (Å²) in [5, 5.41) is 0.228. The number of benzene rings is 1. The van der Waals surface area contributed by atoms with E-state index in [0.717, 1.165) is 5.56 Å². The predicted molar refractivity (Wildman–Crippen MR) is 47.9 cm³/mol. The van der Waals surface area contributed by atoms with Crippen molar-refractivity contribution in [2.75, 3.05) is 5.12 Å². The van der Waals surface area contributed by atoms with Gasteiger partial charge in [0.25, 0.3) is 0 Å². The van der Waals surface area contributed by atoms with Gasteiger partial charge in [-0.15, -0.1) is 0 Å². The predicted octanol–water partition coefficient (Wildman–Crippen LogP) is 3.01. The van der Waals surface area contributed by atoms with Gasteiger partial charge in [-0.2, -0.15) is 5.12 Å². The van der Waals surface area contributed by atoms with Gasteiger partial charge in [0.15, 0.2) is 0 Å². The zero-order valence-corrected chi connectivity index (χ0v) is 7.43. The fourth-order valence-corrected chi connectivity index (χ4v) is 1.63. The molecule has 0 saturated carbocycles. The minimum atomic E-state index is -1.85. The second kappa shape index (κ2) is 2.69. The third-order valence-corrected chi connectivity index (χ3v) is 2.46. The Morgan fingerprint density at radius 1 is 1.38 bits per heavy atom. The van der Waals surface area contributed by atoms with Crippen LogP contribution in [-0.4, -0.2) is 5.79 Å². The van der Waals surface area contributed by atoms with Crippen LogP contribution in [0.5, 0.6) is 0 Å². The number of fused-ring (bicyclic) bond motifs is 1. The molecule has 1 unspecified atom stereocenters. The summed E-state index contributed by atoms with van der Waals surface area (Å²) in [7, 11) is 0. The third kappa shape index (κ3) is 1.28. The summed E-state index contributed by atoms with van der Waals surface area (Å²) < 4.78 is 26.9. The molecule has 0 bridgehead atoms. The van der Waals surface area contributed by atoms with Crippen LogP contribution in [0.4, 0.5) is 14.6 Å². The number of nitrogens with zero attached hydrogens (tertiary/aromatic N) is 1. The van der Waals surface area contributed by atoms with Gasteiger partial charge in [-0.3, -0.25) is 0 Å². The van der Waals surface area contributed by atoms with Crippen molar-refractivity contribution in [2.45, 2.75) is 25.6 Å². The second-order valence-electron chi connectivity index (χ2n) is 3.55. The monoisotopic (exact) mass is 183 g/mol. The fourth-order valence-electron chi connectivity index (χ4n) is 1.63. The molecule has 1 atom stereocenters. The zero-order valence-electron chi connectivity index (χ0n) is 7.43. The Bertz CT molecular complexity index is 322. The molecule has 0 N–H and O–H groups in total. The highest BCUT2D eigenvalue weighted by atomic mass is 19.2. The van der Waals surface area contributed by atoms with Gasteiger partial charge in [0.2, 0.25) is 5.79 Å². The maximum Gasteiger partial charge on any atom is 0.208 e. The lowest BCUT2D eigenvalue weighted by Gasteiger charge is -2.34. The van der Waals surface area contributed by atoms with Crippen LogP contribution < -0.4 is 5.12 Å². The molecule has 13 heavy (non-hydrogen) atoms. The van der Waals surface area contributed by atoms with Crippen molar-refractivity contribution in [3.63, 3.8) is 0 Å². The zero-order chi connectivity index (χ0) is 9.47. The Kier molecular flexibility index (Phi) is 1.75. The van der Waals surface area contributed by atoms with Crippen molar-refractivity contribution in [2.24, 2.45) is 0 Å². The van der Waals surface area contributed by atoms with Gasteiger partial charge in [0.05, 0.1) is 5.69 Å². The van der Waals surface area contributed by atoms with Gasteiger partial charge < -0.3 is 0 Å². The molecule has 1 aromatic carbocycles. The summed E-state index contributed by atoms with van der Waals surface area (Å²) in [5.74, 6) is -1.85. The Morgan fingerprint density at radius 2 is 2.08 bits per heavy atom. The van der Waals surface area contributed by atoms with E-state index in [-0.39, 0.29) is 11.5 Å². The van der Waals surface area contributed by atoms with Crippen LogP contribution in [-0.2, 0) is 6.42 Å². The molecule has 1 nitrogen and oxygen atoms in total. The number of hydrogen-bond acceptors (Lipinski definition) is 1. The summed E-state index contributed by atoms with van der Waals surface area (Å²) in [4.78, 5) is 0. The molecule has 0 saturated heterocycles. The molecule has 3 heteroatoms. The van der Waals surface area contributed by atoms with Crippen LogP contribution in [0.2, 0.25) is 0 Å². The van der Waals surface area contributed by atoms with Crippen molar-refractivity contribution in [1.82, 2.24) is 0 Å². The lowest BCUT2D eigenvalue weighted by atomic mass is 9.97. The maximum absolute atomic E-state index is 13.5. The molecule has 0 radical (unpaired) electrons. The molecular weight excluding hydrogens is 172 g/mol. The lowest BCUT2D eigenvalue weighted by molar-refractivity contribution is 0.0958. The molecule has 1 aliphatic rings. The van der Waals surface area contributed by atoms with Crippen molar-refractivity contribution in [3.8, 4) is 0 Å². The molecule has 1 aromatic rings. The molecule has 0 fully saturated rings. The first kappa shape index (κ1) is 8.48. The van der Waals surface area contributed by atoms with E-state index in [4.69, 9.17) is 0 Å². The van der Waals surface area contributed by atoms with Gasteiger partial charge in [-0.25, -0.2) is 4.39 Å². The summed E-state index contributed by atoms with van der Waals surface area (Å²) >= 11 is 0. The fraction of sp³-hybridized carbons (Fsp3) is 0.400. The molecule has 1 aliphatic heterocycles. The largest absolute Gasteiger partial charge is 0.218 e. The lowest BCUT2D eigenvalue weighted by Crippen LogP contribution is -2.40. The second-order valence-corrected chi connectivity index (χ2v) is 3.55. The molecule has 0 amide bonds. The first-order valence-electron chi connectivity index (χ1n) is 4.34. The average Bonchev–Trinajstić information content (AvgIpc) is 2.13. The molecule has 1 heterocycles. The topological polar surface area (TPSA) is 3.24 Å². The molecule has 70 valence electrons. The molecule has 2 rings (SSSR count). The van der Waals surface area contributed by atoms with Crippen molar-refractivity contribution < 1.29 is 8.87 Å². The number of para-hydroxylation sites is 1. The van der Waals surface area contributed by atoms with Crippen LogP contribution in [0.1, 0.15) is 18.9 Å². The molecule has 0 aromatic heterocycles. The summed E-state index contributed by atoms with van der Waals surface area (Å²) in [6.45, 7) is 1.27. The van der Waals surface area contributed by atoms with E-state index < -0.39 is 5.79 Å². The summed E-state index contributed by atoms with van der Waals surface area (Å²) in [6.07, 6.45) is 0.810. The SMILES string of the molecule is CC1(F)CCc2ccccc2N1F. The van der Waals surface area contributed by atoms with Crippen LogP contribution in [0.3, 0.4) is 0 Å². The number of rotatable bonds is 0. The first-order chi connectivity index (χ1) is 6.11. The summed E-state index contributed by atoms with van der Waals surface area (Å²) in [6, 6.07) is 6.99. The number of hydrogen-bond donors (Lipinski definition) is 0. The van der Waals surface area contributed by atoms with E-state index >= 15 is 0 Å². The van der Waals surface area contributed by atoms with Crippen LogP contribution in [0.25, 0.3) is 0 Å². The van der Waals surface area contributed by atoms with Crippen LogP contribution >= 0.6 is 0 Å². The quantitative estimate of drug-likeness (QED) is 0.441. The number of alkyl halides is 1. The van der Waals surface area contributed by atoms with E-state index in [1.165, 1.54) is 6.92 Å². The molecule has 0 spiro atoms. The smallest absolute Gasteiger partial charge is 0.208 e. The van der Waals surface area contributed by atoms with Gasteiger partial charge in [0.1, 0.15) is 0 Å². The van der Waals surface area contributed by atoms with E-state index in [1.54, 1.807) is 12.1 Å². The highest BCUT2D eigenvalue weighted by molar-refractivity contribution is 5.54. The van der Waals surface area contributed by atoms with E-state index in [2.05, 4.69) is 0 Å². The Hall–Kier alpha value is -1.12. The number of halogens is 2. The Morgan fingerprint density at radius 3 is 2.85 bits per heavy atom. The van der Waals surface area contributed by atoms with Crippen molar-refractivity contribution in [3.05, 3.63) is 29.8 Å². The maximum atomic E-state index is 13.5. The highest BCUT2D eigenvalue weighted by Gasteiger charge is 2.37. The normalized spacial score (nSPS) is 27.2.